The summed E-state index contributed by atoms with van der Waals surface area (Å²) in [6, 6.07) is 18.7. The number of rotatable bonds is 11. The van der Waals surface area contributed by atoms with E-state index in [1.165, 1.54) is 30.3 Å². The average Bonchev–Trinajstić information content (AvgIpc) is 2.84. The Labute approximate surface area is 221 Å². The zero-order valence-corrected chi connectivity index (χ0v) is 22.5. The largest absolute Gasteiger partial charge is 0.354 e. The van der Waals surface area contributed by atoms with Crippen molar-refractivity contribution in [1.82, 2.24) is 14.3 Å². The molecule has 0 fully saturated rings. The number of hydrogen-bond acceptors (Lipinski definition) is 5. The lowest BCUT2D eigenvalue weighted by Gasteiger charge is -2.22. The quantitative estimate of drug-likeness (QED) is 0.343. The van der Waals surface area contributed by atoms with Crippen LogP contribution >= 0.6 is 23.2 Å². The van der Waals surface area contributed by atoms with Crippen LogP contribution in [-0.2, 0) is 31.4 Å². The summed E-state index contributed by atoms with van der Waals surface area (Å²) < 4.78 is 54.7. The minimum Gasteiger partial charge on any atom is -0.354 e. The number of hydrogen-bond donors (Lipinski definition) is 2. The third-order valence-electron chi connectivity index (χ3n) is 5.13. The summed E-state index contributed by atoms with van der Waals surface area (Å²) in [5.74, 6) is -0.603. The van der Waals surface area contributed by atoms with E-state index in [0.717, 1.165) is 9.87 Å². The van der Waals surface area contributed by atoms with Crippen LogP contribution in [0.4, 0.5) is 0 Å². The molecule has 0 unspecified atom stereocenters. The molecule has 0 aliphatic heterocycles. The fraction of sp³-hybridized carbons (Fsp3) is 0.208. The van der Waals surface area contributed by atoms with Gasteiger partial charge in [-0.2, -0.15) is 4.31 Å². The third kappa shape index (κ3) is 7.52. The minimum atomic E-state index is -4.05. The van der Waals surface area contributed by atoms with Gasteiger partial charge < -0.3 is 5.32 Å². The van der Waals surface area contributed by atoms with Crippen molar-refractivity contribution < 1.29 is 21.6 Å². The second-order valence-corrected chi connectivity index (χ2v) is 12.4. The highest BCUT2D eigenvalue weighted by atomic mass is 35.5. The van der Waals surface area contributed by atoms with Crippen LogP contribution in [0.3, 0.4) is 0 Å². The summed E-state index contributed by atoms with van der Waals surface area (Å²) in [5, 5.41) is 3.21. The molecule has 0 spiro atoms. The van der Waals surface area contributed by atoms with E-state index in [4.69, 9.17) is 23.2 Å². The maximum atomic E-state index is 13.3. The van der Waals surface area contributed by atoms with Gasteiger partial charge in [-0.05, 0) is 48.9 Å². The Kier molecular flexibility index (Phi) is 9.51. The van der Waals surface area contributed by atoms with Crippen LogP contribution in [-0.4, -0.2) is 46.7 Å². The van der Waals surface area contributed by atoms with Gasteiger partial charge in [-0.1, -0.05) is 65.2 Å². The third-order valence-corrected chi connectivity index (χ3v) is 9.00. The van der Waals surface area contributed by atoms with Crippen molar-refractivity contribution in [3.05, 3.63) is 94.0 Å². The predicted octanol–water partition coefficient (Wildman–Crippen LogP) is 3.59. The van der Waals surface area contributed by atoms with Gasteiger partial charge in [-0.25, -0.2) is 21.6 Å². The van der Waals surface area contributed by atoms with Crippen LogP contribution in [0.25, 0.3) is 0 Å². The van der Waals surface area contributed by atoms with Gasteiger partial charge in [0.1, 0.15) is 0 Å². The van der Waals surface area contributed by atoms with Gasteiger partial charge >= 0.3 is 0 Å². The molecule has 0 radical (unpaired) electrons. The van der Waals surface area contributed by atoms with E-state index < -0.39 is 32.5 Å². The highest BCUT2D eigenvalue weighted by molar-refractivity contribution is 7.89. The number of halogens is 2. The molecule has 0 heterocycles. The molecule has 3 aromatic rings. The van der Waals surface area contributed by atoms with E-state index in [9.17, 15) is 21.6 Å². The predicted molar refractivity (Wildman–Crippen MR) is 140 cm³/mol. The van der Waals surface area contributed by atoms with Crippen molar-refractivity contribution in [3.8, 4) is 0 Å². The monoisotopic (exact) mass is 569 g/mol. The van der Waals surface area contributed by atoms with Crippen molar-refractivity contribution in [2.75, 3.05) is 19.6 Å². The first-order valence-electron chi connectivity index (χ1n) is 10.8. The zero-order chi connectivity index (χ0) is 26.3. The summed E-state index contributed by atoms with van der Waals surface area (Å²) in [4.78, 5) is 12.8. The summed E-state index contributed by atoms with van der Waals surface area (Å²) in [6.45, 7) is 1.07. The van der Waals surface area contributed by atoms with Gasteiger partial charge in [0.05, 0.1) is 16.3 Å². The van der Waals surface area contributed by atoms with Crippen LogP contribution in [0, 0.1) is 6.92 Å². The van der Waals surface area contributed by atoms with E-state index in [0.29, 0.717) is 10.6 Å². The van der Waals surface area contributed by atoms with Crippen molar-refractivity contribution in [1.29, 1.82) is 0 Å². The summed E-state index contributed by atoms with van der Waals surface area (Å²) in [7, 11) is -7.78. The van der Waals surface area contributed by atoms with Crippen molar-refractivity contribution in [2.24, 2.45) is 0 Å². The summed E-state index contributed by atoms with van der Waals surface area (Å²) >= 11 is 12.2. The molecule has 0 aliphatic carbocycles. The first-order valence-corrected chi connectivity index (χ1v) is 14.5. The van der Waals surface area contributed by atoms with E-state index in [-0.39, 0.29) is 34.4 Å². The average molecular weight is 571 g/mol. The van der Waals surface area contributed by atoms with Gasteiger partial charge in [0.25, 0.3) is 0 Å². The van der Waals surface area contributed by atoms with Crippen molar-refractivity contribution in [3.63, 3.8) is 0 Å². The van der Waals surface area contributed by atoms with Crippen LogP contribution < -0.4 is 10.0 Å². The fourth-order valence-electron chi connectivity index (χ4n) is 3.21. The second-order valence-electron chi connectivity index (χ2n) is 7.88. The maximum Gasteiger partial charge on any atom is 0.243 e. The maximum absolute atomic E-state index is 13.3. The Balaban J connectivity index is 1.67. The zero-order valence-electron chi connectivity index (χ0n) is 19.3. The SMILES string of the molecule is Cc1ccc(S(=O)(=O)NCCNC(=O)CN(Cc2ccc(Cl)cc2Cl)S(=O)(=O)c2ccccc2)cc1. The molecule has 36 heavy (non-hydrogen) atoms. The molecule has 0 saturated heterocycles. The molecule has 12 heteroatoms. The molecular weight excluding hydrogens is 545 g/mol. The number of sulfonamides is 2. The number of nitrogens with one attached hydrogen (secondary N) is 2. The number of aryl methyl sites for hydroxylation is 1. The van der Waals surface area contributed by atoms with Crippen LogP contribution in [0.15, 0.2) is 82.6 Å². The Bertz CT molecular complexity index is 1420. The fourth-order valence-corrected chi connectivity index (χ4v) is 6.11. The van der Waals surface area contributed by atoms with Gasteiger partial charge in [-0.15, -0.1) is 0 Å². The molecule has 0 bridgehead atoms. The van der Waals surface area contributed by atoms with E-state index in [2.05, 4.69) is 10.0 Å². The molecule has 0 aliphatic rings. The molecule has 0 aromatic heterocycles. The number of nitrogens with zero attached hydrogens (tertiary/aromatic N) is 1. The second kappa shape index (κ2) is 12.2. The smallest absolute Gasteiger partial charge is 0.243 e. The van der Waals surface area contributed by atoms with Crippen LogP contribution in [0.2, 0.25) is 10.0 Å². The van der Waals surface area contributed by atoms with Gasteiger partial charge in [0.2, 0.25) is 26.0 Å². The van der Waals surface area contributed by atoms with Crippen molar-refractivity contribution in [2.45, 2.75) is 23.3 Å². The van der Waals surface area contributed by atoms with Crippen LogP contribution in [0.1, 0.15) is 11.1 Å². The minimum absolute atomic E-state index is 0.0220. The molecule has 3 aromatic carbocycles. The number of carbonyl (C=O) groups excluding carboxylic acids is 1. The lowest BCUT2D eigenvalue weighted by atomic mass is 10.2. The molecule has 1 amide bonds. The highest BCUT2D eigenvalue weighted by Gasteiger charge is 2.27. The molecule has 8 nitrogen and oxygen atoms in total. The van der Waals surface area contributed by atoms with Gasteiger partial charge in [-0.3, -0.25) is 4.79 Å². The highest BCUT2D eigenvalue weighted by Crippen LogP contribution is 2.25. The Morgan fingerprint density at radius 1 is 0.861 bits per heavy atom. The number of amides is 1. The summed E-state index contributed by atoms with van der Waals surface area (Å²) in [5.41, 5.74) is 1.40. The molecular formula is C24H25Cl2N3O5S2. The first-order chi connectivity index (χ1) is 17.0. The molecule has 0 atom stereocenters. The lowest BCUT2D eigenvalue weighted by Crippen LogP contribution is -2.42. The van der Waals surface area contributed by atoms with Crippen molar-refractivity contribution >= 4 is 49.2 Å². The van der Waals surface area contributed by atoms with Gasteiger partial charge in [0, 0.05) is 29.7 Å². The first kappa shape index (κ1) is 28.1. The molecule has 192 valence electrons. The standard InChI is InChI=1S/C24H25Cl2N3O5S2/c1-18-7-11-21(12-8-18)35(31,32)28-14-13-27-24(30)17-29(16-19-9-10-20(25)15-23(19)26)36(33,34)22-5-3-2-4-6-22/h2-12,15,28H,13-14,16-17H2,1H3,(H,27,30). The molecule has 3 rings (SSSR count). The number of carbonyl (C=O) groups is 1. The van der Waals surface area contributed by atoms with E-state index >= 15 is 0 Å². The molecule has 0 saturated carbocycles. The molecule has 2 N–H and O–H groups in total. The number of benzene rings is 3. The Hall–Kier alpha value is -2.47. The van der Waals surface area contributed by atoms with E-state index in [1.54, 1.807) is 42.5 Å². The lowest BCUT2D eigenvalue weighted by molar-refractivity contribution is -0.121. The Morgan fingerprint density at radius 3 is 2.17 bits per heavy atom. The normalized spacial score (nSPS) is 12.0. The topological polar surface area (TPSA) is 113 Å². The van der Waals surface area contributed by atoms with E-state index in [1.807, 2.05) is 6.92 Å². The van der Waals surface area contributed by atoms with Gasteiger partial charge in [0.15, 0.2) is 0 Å². The van der Waals surface area contributed by atoms with Crippen LogP contribution in [0.5, 0.6) is 0 Å². The Morgan fingerprint density at radius 2 is 1.53 bits per heavy atom. The summed E-state index contributed by atoms with van der Waals surface area (Å²) in [6.07, 6.45) is 0.